The molecule has 1 heterocycles. The largest absolute Gasteiger partial charge is 0.378 e. The summed E-state index contributed by atoms with van der Waals surface area (Å²) in [5, 5.41) is 3.44. The van der Waals surface area contributed by atoms with E-state index < -0.39 is 5.79 Å². The molecule has 1 aromatic carbocycles. The van der Waals surface area contributed by atoms with Crippen LogP contribution in [0.25, 0.3) is 0 Å². The van der Waals surface area contributed by atoms with Gasteiger partial charge in [-0.3, -0.25) is 0 Å². The molecule has 0 unspecified atom stereocenters. The minimum absolute atomic E-state index is 0.215. The lowest BCUT2D eigenvalue weighted by Gasteiger charge is -2.35. The quantitative estimate of drug-likeness (QED) is 0.905. The number of hydrogen-bond acceptors (Lipinski definition) is 4. The first-order valence-corrected chi connectivity index (χ1v) is 6.73. The molecular weight excluding hydrogens is 240 g/mol. The van der Waals surface area contributed by atoms with Crippen LogP contribution in [0.3, 0.4) is 0 Å². The van der Waals surface area contributed by atoms with E-state index in [-0.39, 0.29) is 6.04 Å². The van der Waals surface area contributed by atoms with Gasteiger partial charge in [0.15, 0.2) is 5.79 Å². The number of anilines is 1. The van der Waals surface area contributed by atoms with E-state index >= 15 is 0 Å². The van der Waals surface area contributed by atoms with Crippen LogP contribution in [0.15, 0.2) is 24.3 Å². The van der Waals surface area contributed by atoms with Crippen LogP contribution in [0.4, 0.5) is 5.69 Å². The first kappa shape index (κ1) is 14.3. The average Bonchev–Trinajstić information content (AvgIpc) is 2.34. The van der Waals surface area contributed by atoms with E-state index in [9.17, 15) is 0 Å². The van der Waals surface area contributed by atoms with Crippen molar-refractivity contribution in [1.29, 1.82) is 0 Å². The van der Waals surface area contributed by atoms with Crippen molar-refractivity contribution >= 4 is 5.69 Å². The third kappa shape index (κ3) is 4.49. The molecule has 0 aliphatic carbocycles. The molecule has 0 amide bonds. The molecule has 0 aromatic heterocycles. The number of hydrogen-bond donors (Lipinski definition) is 1. The molecule has 4 heteroatoms. The Morgan fingerprint density at radius 1 is 1.16 bits per heavy atom. The summed E-state index contributed by atoms with van der Waals surface area (Å²) >= 11 is 0. The molecule has 1 saturated heterocycles. The van der Waals surface area contributed by atoms with Gasteiger partial charge in [-0.05, 0) is 45.6 Å². The highest BCUT2D eigenvalue weighted by Gasteiger charge is 2.27. The van der Waals surface area contributed by atoms with E-state index in [1.807, 2.05) is 13.8 Å². The highest BCUT2D eigenvalue weighted by atomic mass is 16.7. The lowest BCUT2D eigenvalue weighted by atomic mass is 10.2. The minimum atomic E-state index is -0.451. The van der Waals surface area contributed by atoms with E-state index in [4.69, 9.17) is 9.47 Å². The summed E-state index contributed by atoms with van der Waals surface area (Å²) in [6.07, 6.45) is 0. The topological polar surface area (TPSA) is 33.7 Å². The molecule has 1 fully saturated rings. The van der Waals surface area contributed by atoms with Gasteiger partial charge < -0.3 is 19.7 Å². The highest BCUT2D eigenvalue weighted by molar-refractivity contribution is 5.45. The molecule has 0 radical (unpaired) electrons. The normalized spacial score (nSPS) is 19.6. The zero-order valence-corrected chi connectivity index (χ0v) is 12.3. The second kappa shape index (κ2) is 5.90. The predicted molar refractivity (Wildman–Crippen MR) is 77.2 cm³/mol. The minimum Gasteiger partial charge on any atom is -0.378 e. The van der Waals surface area contributed by atoms with Crippen molar-refractivity contribution in [2.75, 3.05) is 32.6 Å². The van der Waals surface area contributed by atoms with Gasteiger partial charge in [0.2, 0.25) is 0 Å². The molecule has 106 valence electrons. The zero-order chi connectivity index (χ0) is 13.9. The number of benzene rings is 1. The van der Waals surface area contributed by atoms with Crippen LogP contribution in [0.1, 0.15) is 19.4 Å². The van der Waals surface area contributed by atoms with Crippen LogP contribution >= 0.6 is 0 Å². The summed E-state index contributed by atoms with van der Waals surface area (Å²) in [6.45, 7) is 6.20. The molecule has 1 aromatic rings. The van der Waals surface area contributed by atoms with Crippen molar-refractivity contribution < 1.29 is 9.47 Å². The number of nitrogens with zero attached hydrogens (tertiary/aromatic N) is 1. The van der Waals surface area contributed by atoms with Crippen LogP contribution in [0.2, 0.25) is 0 Å². The maximum atomic E-state index is 5.64. The number of rotatable bonds is 4. The van der Waals surface area contributed by atoms with Crippen LogP contribution in [0.5, 0.6) is 0 Å². The van der Waals surface area contributed by atoms with Gasteiger partial charge in [0, 0.05) is 12.2 Å². The first-order valence-electron chi connectivity index (χ1n) is 6.73. The Labute approximate surface area is 115 Å². The fraction of sp³-hybridized carbons (Fsp3) is 0.600. The molecule has 2 rings (SSSR count). The standard InChI is InChI=1S/C15H24N2O2/c1-15(2)18-10-14(11-19-15)16-13-7-5-12(6-8-13)9-17(3)4/h5-8,14,16H,9-11H2,1-4H3. The van der Waals surface area contributed by atoms with Crippen LogP contribution in [-0.2, 0) is 16.0 Å². The van der Waals surface area contributed by atoms with Crippen molar-refractivity contribution in [3.63, 3.8) is 0 Å². The van der Waals surface area contributed by atoms with Crippen LogP contribution in [0, 0.1) is 0 Å². The number of ether oxygens (including phenoxy) is 2. The molecule has 1 N–H and O–H groups in total. The third-order valence-electron chi connectivity index (χ3n) is 3.09. The maximum absolute atomic E-state index is 5.64. The molecule has 1 aliphatic rings. The SMILES string of the molecule is CN(C)Cc1ccc(NC2COC(C)(C)OC2)cc1. The Morgan fingerprint density at radius 3 is 2.26 bits per heavy atom. The molecule has 0 bridgehead atoms. The molecule has 1 aliphatic heterocycles. The smallest absolute Gasteiger partial charge is 0.162 e. The Hall–Kier alpha value is -1.10. The zero-order valence-electron chi connectivity index (χ0n) is 12.3. The lowest BCUT2D eigenvalue weighted by molar-refractivity contribution is -0.247. The molecule has 0 atom stereocenters. The summed E-state index contributed by atoms with van der Waals surface area (Å²) in [5.74, 6) is -0.451. The number of nitrogens with one attached hydrogen (secondary N) is 1. The van der Waals surface area contributed by atoms with E-state index in [1.165, 1.54) is 5.56 Å². The summed E-state index contributed by atoms with van der Waals surface area (Å²) in [7, 11) is 4.15. The monoisotopic (exact) mass is 264 g/mol. The van der Waals surface area contributed by atoms with E-state index in [1.54, 1.807) is 0 Å². The van der Waals surface area contributed by atoms with Crippen molar-refractivity contribution in [3.8, 4) is 0 Å². The summed E-state index contributed by atoms with van der Waals surface area (Å²) in [4.78, 5) is 2.16. The second-order valence-corrected chi connectivity index (χ2v) is 5.80. The van der Waals surface area contributed by atoms with Gasteiger partial charge in [-0.25, -0.2) is 0 Å². The van der Waals surface area contributed by atoms with Gasteiger partial charge in [-0.1, -0.05) is 12.1 Å². The average molecular weight is 264 g/mol. The van der Waals surface area contributed by atoms with Gasteiger partial charge >= 0.3 is 0 Å². The maximum Gasteiger partial charge on any atom is 0.162 e. The van der Waals surface area contributed by atoms with Gasteiger partial charge in [0.25, 0.3) is 0 Å². The Balaban J connectivity index is 1.86. The Bertz CT molecular complexity index is 391. The molecular formula is C15H24N2O2. The van der Waals surface area contributed by atoms with Gasteiger partial charge in [0.05, 0.1) is 19.3 Å². The second-order valence-electron chi connectivity index (χ2n) is 5.80. The predicted octanol–water partition coefficient (Wildman–Crippen LogP) is 2.31. The van der Waals surface area contributed by atoms with Gasteiger partial charge in [-0.15, -0.1) is 0 Å². The molecule has 0 spiro atoms. The lowest BCUT2D eigenvalue weighted by Crippen LogP contribution is -2.45. The van der Waals surface area contributed by atoms with Crippen LogP contribution < -0.4 is 5.32 Å². The first-order chi connectivity index (χ1) is 8.94. The summed E-state index contributed by atoms with van der Waals surface area (Å²) < 4.78 is 11.3. The van der Waals surface area contributed by atoms with Crippen molar-refractivity contribution in [1.82, 2.24) is 4.90 Å². The van der Waals surface area contributed by atoms with E-state index in [0.29, 0.717) is 13.2 Å². The van der Waals surface area contributed by atoms with Crippen molar-refractivity contribution in [2.24, 2.45) is 0 Å². The van der Waals surface area contributed by atoms with E-state index in [2.05, 4.69) is 48.6 Å². The molecule has 0 saturated carbocycles. The Kier molecular flexibility index (Phi) is 4.45. The fourth-order valence-electron chi connectivity index (χ4n) is 2.08. The van der Waals surface area contributed by atoms with Gasteiger partial charge in [0.1, 0.15) is 0 Å². The Morgan fingerprint density at radius 2 is 1.74 bits per heavy atom. The van der Waals surface area contributed by atoms with E-state index in [0.717, 1.165) is 12.2 Å². The molecule has 4 nitrogen and oxygen atoms in total. The highest BCUT2D eigenvalue weighted by Crippen LogP contribution is 2.20. The van der Waals surface area contributed by atoms with Crippen LogP contribution in [-0.4, -0.2) is 44.0 Å². The van der Waals surface area contributed by atoms with Gasteiger partial charge in [-0.2, -0.15) is 0 Å². The van der Waals surface area contributed by atoms with Crippen molar-refractivity contribution in [3.05, 3.63) is 29.8 Å². The fourth-order valence-corrected chi connectivity index (χ4v) is 2.08. The summed E-state index contributed by atoms with van der Waals surface area (Å²) in [6, 6.07) is 8.73. The van der Waals surface area contributed by atoms with Crippen molar-refractivity contribution in [2.45, 2.75) is 32.2 Å². The summed E-state index contributed by atoms with van der Waals surface area (Å²) in [5.41, 5.74) is 2.42. The third-order valence-corrected chi connectivity index (χ3v) is 3.09. The molecule has 19 heavy (non-hydrogen) atoms.